The van der Waals surface area contributed by atoms with Gasteiger partial charge in [-0.15, -0.1) is 0 Å². The molecule has 2 aromatic rings. The number of ether oxygens (including phenoxy) is 2. The SMILES string of the molecule is CCC(Oc1ccccc1OC)C(=O)NCc1ccc(N(CC)CC)cc1. The molecule has 5 nitrogen and oxygen atoms in total. The van der Waals surface area contributed by atoms with Gasteiger partial charge in [0.2, 0.25) is 0 Å². The molecule has 0 radical (unpaired) electrons. The molecule has 1 amide bonds. The van der Waals surface area contributed by atoms with Crippen LogP contribution < -0.4 is 19.7 Å². The van der Waals surface area contributed by atoms with E-state index < -0.39 is 6.10 Å². The molecular formula is C22H30N2O3. The first-order chi connectivity index (χ1) is 13.1. The van der Waals surface area contributed by atoms with Crippen LogP contribution in [0.2, 0.25) is 0 Å². The normalized spacial score (nSPS) is 11.6. The smallest absolute Gasteiger partial charge is 0.261 e. The average Bonchev–Trinajstić information content (AvgIpc) is 2.72. The minimum atomic E-state index is -0.559. The molecule has 0 saturated heterocycles. The van der Waals surface area contributed by atoms with Crippen molar-refractivity contribution < 1.29 is 14.3 Å². The second-order valence-corrected chi connectivity index (χ2v) is 6.22. The highest BCUT2D eigenvalue weighted by Crippen LogP contribution is 2.27. The van der Waals surface area contributed by atoms with Gasteiger partial charge in [-0.1, -0.05) is 31.2 Å². The lowest BCUT2D eigenvalue weighted by molar-refractivity contribution is -0.128. The summed E-state index contributed by atoms with van der Waals surface area (Å²) < 4.78 is 11.2. The molecule has 5 heteroatoms. The van der Waals surface area contributed by atoms with E-state index in [9.17, 15) is 4.79 Å². The molecule has 0 aliphatic rings. The Hall–Kier alpha value is -2.69. The fourth-order valence-electron chi connectivity index (χ4n) is 2.91. The van der Waals surface area contributed by atoms with E-state index in [1.807, 2.05) is 25.1 Å². The summed E-state index contributed by atoms with van der Waals surface area (Å²) in [6.45, 7) is 8.65. The van der Waals surface area contributed by atoms with Gasteiger partial charge in [-0.25, -0.2) is 0 Å². The van der Waals surface area contributed by atoms with Crippen molar-refractivity contribution in [3.8, 4) is 11.5 Å². The number of nitrogens with one attached hydrogen (secondary N) is 1. The summed E-state index contributed by atoms with van der Waals surface area (Å²) in [4.78, 5) is 14.8. The van der Waals surface area contributed by atoms with Crippen LogP contribution in [0, 0.1) is 0 Å². The van der Waals surface area contributed by atoms with Gasteiger partial charge in [-0.3, -0.25) is 4.79 Å². The number of amides is 1. The Kier molecular flexibility index (Phi) is 7.99. The highest BCUT2D eigenvalue weighted by Gasteiger charge is 2.19. The van der Waals surface area contributed by atoms with Crippen LogP contribution in [-0.4, -0.2) is 32.2 Å². The summed E-state index contributed by atoms with van der Waals surface area (Å²) in [6, 6.07) is 15.6. The topological polar surface area (TPSA) is 50.8 Å². The first kappa shape index (κ1) is 20.6. The molecule has 0 aromatic heterocycles. The maximum atomic E-state index is 12.5. The number of hydrogen-bond donors (Lipinski definition) is 1. The van der Waals surface area contributed by atoms with Crippen molar-refractivity contribution in [3.05, 3.63) is 54.1 Å². The predicted molar refractivity (Wildman–Crippen MR) is 110 cm³/mol. The zero-order chi connectivity index (χ0) is 19.6. The molecule has 1 unspecified atom stereocenters. The van der Waals surface area contributed by atoms with Crippen molar-refractivity contribution in [2.24, 2.45) is 0 Å². The van der Waals surface area contributed by atoms with Gasteiger partial charge in [0.1, 0.15) is 0 Å². The lowest BCUT2D eigenvalue weighted by Gasteiger charge is -2.21. The Morgan fingerprint density at radius 2 is 1.63 bits per heavy atom. The van der Waals surface area contributed by atoms with Crippen LogP contribution in [0.15, 0.2) is 48.5 Å². The molecule has 146 valence electrons. The van der Waals surface area contributed by atoms with E-state index in [0.29, 0.717) is 24.5 Å². The third-order valence-corrected chi connectivity index (χ3v) is 4.53. The molecule has 1 N–H and O–H groups in total. The zero-order valence-electron chi connectivity index (χ0n) is 16.7. The largest absolute Gasteiger partial charge is 0.493 e. The number of carbonyl (C=O) groups excluding carboxylic acids is 1. The summed E-state index contributed by atoms with van der Waals surface area (Å²) in [7, 11) is 1.59. The molecule has 0 aliphatic heterocycles. The number of carbonyl (C=O) groups is 1. The number of methoxy groups -OCH3 is 1. The first-order valence-electron chi connectivity index (χ1n) is 9.54. The summed E-state index contributed by atoms with van der Waals surface area (Å²) in [6.07, 6.45) is 0.0152. The quantitative estimate of drug-likeness (QED) is 0.686. The highest BCUT2D eigenvalue weighted by atomic mass is 16.5. The number of anilines is 1. The Morgan fingerprint density at radius 1 is 1.00 bits per heavy atom. The van der Waals surface area contributed by atoms with E-state index in [4.69, 9.17) is 9.47 Å². The van der Waals surface area contributed by atoms with Gasteiger partial charge in [-0.2, -0.15) is 0 Å². The van der Waals surface area contributed by atoms with Crippen LogP contribution in [0.25, 0.3) is 0 Å². The molecule has 2 rings (SSSR count). The van der Waals surface area contributed by atoms with Crippen molar-refractivity contribution in [1.29, 1.82) is 0 Å². The van der Waals surface area contributed by atoms with E-state index in [1.165, 1.54) is 5.69 Å². The van der Waals surface area contributed by atoms with Crippen molar-refractivity contribution >= 4 is 11.6 Å². The van der Waals surface area contributed by atoms with Gasteiger partial charge in [-0.05, 0) is 50.1 Å². The zero-order valence-corrected chi connectivity index (χ0v) is 16.7. The van der Waals surface area contributed by atoms with E-state index >= 15 is 0 Å². The number of para-hydroxylation sites is 2. The van der Waals surface area contributed by atoms with E-state index in [-0.39, 0.29) is 5.91 Å². The highest BCUT2D eigenvalue weighted by molar-refractivity contribution is 5.81. The standard InChI is InChI=1S/C22H30N2O3/c1-5-19(27-21-11-9-8-10-20(21)26-4)22(25)23-16-17-12-14-18(15-13-17)24(6-2)7-3/h8-15,19H,5-7,16H2,1-4H3,(H,23,25). The van der Waals surface area contributed by atoms with E-state index in [0.717, 1.165) is 18.7 Å². The summed E-state index contributed by atoms with van der Waals surface area (Å²) in [5, 5.41) is 2.97. The Morgan fingerprint density at radius 3 is 2.19 bits per heavy atom. The molecule has 1 atom stereocenters. The second kappa shape index (κ2) is 10.5. The lowest BCUT2D eigenvalue weighted by atomic mass is 10.2. The van der Waals surface area contributed by atoms with Crippen LogP contribution in [-0.2, 0) is 11.3 Å². The monoisotopic (exact) mass is 370 g/mol. The summed E-state index contributed by atoms with van der Waals surface area (Å²) in [5.41, 5.74) is 2.26. The van der Waals surface area contributed by atoms with Crippen molar-refractivity contribution in [1.82, 2.24) is 5.32 Å². The number of benzene rings is 2. The summed E-state index contributed by atoms with van der Waals surface area (Å²) in [5.74, 6) is 1.07. The Labute approximate surface area is 162 Å². The fraction of sp³-hybridized carbons (Fsp3) is 0.409. The molecule has 0 saturated carbocycles. The van der Waals surface area contributed by atoms with Gasteiger partial charge in [0.05, 0.1) is 7.11 Å². The molecule has 0 bridgehead atoms. The predicted octanol–water partition coefficient (Wildman–Crippen LogP) is 4.02. The maximum absolute atomic E-state index is 12.5. The second-order valence-electron chi connectivity index (χ2n) is 6.22. The molecular weight excluding hydrogens is 340 g/mol. The fourth-order valence-corrected chi connectivity index (χ4v) is 2.91. The van der Waals surface area contributed by atoms with Gasteiger partial charge in [0.25, 0.3) is 5.91 Å². The van der Waals surface area contributed by atoms with Crippen molar-refractivity contribution in [2.45, 2.75) is 39.8 Å². The van der Waals surface area contributed by atoms with E-state index in [1.54, 1.807) is 13.2 Å². The number of nitrogens with zero attached hydrogens (tertiary/aromatic N) is 1. The third kappa shape index (κ3) is 5.64. The van der Waals surface area contributed by atoms with E-state index in [2.05, 4.69) is 48.3 Å². The number of rotatable bonds is 10. The maximum Gasteiger partial charge on any atom is 0.261 e. The van der Waals surface area contributed by atoms with Crippen LogP contribution in [0.3, 0.4) is 0 Å². The Bertz CT molecular complexity index is 712. The van der Waals surface area contributed by atoms with Gasteiger partial charge in [0.15, 0.2) is 17.6 Å². The average molecular weight is 370 g/mol. The third-order valence-electron chi connectivity index (χ3n) is 4.53. The van der Waals surface area contributed by atoms with Crippen LogP contribution >= 0.6 is 0 Å². The van der Waals surface area contributed by atoms with Gasteiger partial charge >= 0.3 is 0 Å². The van der Waals surface area contributed by atoms with Gasteiger partial charge in [0, 0.05) is 25.3 Å². The van der Waals surface area contributed by atoms with Crippen molar-refractivity contribution in [3.63, 3.8) is 0 Å². The lowest BCUT2D eigenvalue weighted by Crippen LogP contribution is -2.37. The van der Waals surface area contributed by atoms with Crippen LogP contribution in [0.1, 0.15) is 32.8 Å². The molecule has 0 heterocycles. The molecule has 0 spiro atoms. The molecule has 2 aromatic carbocycles. The molecule has 0 aliphatic carbocycles. The van der Waals surface area contributed by atoms with Gasteiger partial charge < -0.3 is 19.7 Å². The first-order valence-corrected chi connectivity index (χ1v) is 9.54. The minimum absolute atomic E-state index is 0.128. The Balaban J connectivity index is 1.95. The van der Waals surface area contributed by atoms with Crippen LogP contribution in [0.4, 0.5) is 5.69 Å². The summed E-state index contributed by atoms with van der Waals surface area (Å²) >= 11 is 0. The van der Waals surface area contributed by atoms with Crippen molar-refractivity contribution in [2.75, 3.05) is 25.1 Å². The molecule has 27 heavy (non-hydrogen) atoms. The minimum Gasteiger partial charge on any atom is -0.493 e. The van der Waals surface area contributed by atoms with Crippen LogP contribution in [0.5, 0.6) is 11.5 Å². The molecule has 0 fully saturated rings. The number of hydrogen-bond acceptors (Lipinski definition) is 4.